The van der Waals surface area contributed by atoms with Crippen LogP contribution in [0.1, 0.15) is 11.3 Å². The van der Waals surface area contributed by atoms with Gasteiger partial charge in [-0.15, -0.1) is 0 Å². The molecular weight excluding hydrogens is 318 g/mol. The summed E-state index contributed by atoms with van der Waals surface area (Å²) in [5, 5.41) is 0. The number of rotatable bonds is 1. The van der Waals surface area contributed by atoms with E-state index in [0.29, 0.717) is 40.5 Å². The fourth-order valence-corrected chi connectivity index (χ4v) is 2.66. The quantitative estimate of drug-likeness (QED) is 0.797. The van der Waals surface area contributed by atoms with Crippen LogP contribution >= 0.6 is 0 Å². The minimum Gasteiger partial charge on any atom is -0.464 e. The van der Waals surface area contributed by atoms with Crippen molar-refractivity contribution in [2.24, 2.45) is 0 Å². The number of fused-ring (bicyclic) bond motifs is 2. The van der Waals surface area contributed by atoms with Crippen molar-refractivity contribution in [3.05, 3.63) is 82.6 Å². The number of aromatic nitrogens is 1. The van der Waals surface area contributed by atoms with Gasteiger partial charge in [-0.2, -0.15) is 0 Å². The van der Waals surface area contributed by atoms with Gasteiger partial charge in [-0.05, 0) is 18.1 Å². The molecule has 0 saturated carbocycles. The van der Waals surface area contributed by atoms with Gasteiger partial charge in [-0.3, -0.25) is 9.78 Å². The topological polar surface area (TPSA) is 61.6 Å². The van der Waals surface area contributed by atoms with Crippen LogP contribution in [0, 0.1) is 0 Å². The highest BCUT2D eigenvalue weighted by Crippen LogP contribution is 2.33. The Labute approximate surface area is 144 Å². The molecule has 2 aromatic heterocycles. The highest BCUT2D eigenvalue weighted by Gasteiger charge is 2.18. The van der Waals surface area contributed by atoms with Crippen molar-refractivity contribution in [1.82, 2.24) is 4.98 Å². The van der Waals surface area contributed by atoms with Crippen LogP contribution in [0.5, 0.6) is 11.5 Å². The minimum atomic E-state index is -0.114. The largest absolute Gasteiger partial charge is 0.464 e. The van der Waals surface area contributed by atoms with Gasteiger partial charge >= 0.3 is 0 Å². The number of allylic oxidation sites excluding steroid dienone is 6. The number of hydrogen-bond acceptors (Lipinski definition) is 5. The molecule has 25 heavy (non-hydrogen) atoms. The molecule has 0 aromatic carbocycles. The van der Waals surface area contributed by atoms with Crippen LogP contribution in [0.15, 0.2) is 70.3 Å². The zero-order valence-electron chi connectivity index (χ0n) is 13.4. The second kappa shape index (κ2) is 6.28. The Hall–Kier alpha value is -3.34. The summed E-state index contributed by atoms with van der Waals surface area (Å²) >= 11 is 0. The molecule has 5 nitrogen and oxygen atoms in total. The fraction of sp³-hybridized carbons (Fsp3) is 0.100. The van der Waals surface area contributed by atoms with E-state index in [-0.39, 0.29) is 12.2 Å². The third-order valence-electron chi connectivity index (χ3n) is 3.98. The average Bonchev–Trinajstić information content (AvgIpc) is 3.09. The Morgan fingerprint density at radius 1 is 1.08 bits per heavy atom. The Morgan fingerprint density at radius 2 is 1.96 bits per heavy atom. The Bertz CT molecular complexity index is 995. The number of hydrogen-bond donors (Lipinski definition) is 0. The van der Waals surface area contributed by atoms with Crippen LogP contribution in [-0.2, 0) is 6.42 Å². The lowest BCUT2D eigenvalue weighted by Crippen LogP contribution is -2.13. The van der Waals surface area contributed by atoms with Crippen LogP contribution < -0.4 is 14.9 Å². The lowest BCUT2D eigenvalue weighted by Gasteiger charge is -2.07. The molecule has 0 unspecified atom stereocenters. The molecule has 124 valence electrons. The summed E-state index contributed by atoms with van der Waals surface area (Å²) in [4.78, 5) is 17.3. The van der Waals surface area contributed by atoms with Crippen molar-refractivity contribution in [2.45, 2.75) is 6.42 Å². The van der Waals surface area contributed by atoms with E-state index in [1.54, 1.807) is 18.3 Å². The van der Waals surface area contributed by atoms with Crippen molar-refractivity contribution in [1.29, 1.82) is 0 Å². The van der Waals surface area contributed by atoms with E-state index in [4.69, 9.17) is 13.9 Å². The molecule has 5 heteroatoms. The molecule has 0 N–H and O–H groups in total. The predicted molar refractivity (Wildman–Crippen MR) is 94.5 cm³/mol. The van der Waals surface area contributed by atoms with Gasteiger partial charge in [0.2, 0.25) is 6.79 Å². The first-order chi connectivity index (χ1) is 12.2. The molecule has 2 aromatic rings. The highest BCUT2D eigenvalue weighted by atomic mass is 16.7. The van der Waals surface area contributed by atoms with E-state index in [1.165, 1.54) is 6.26 Å². The summed E-state index contributed by atoms with van der Waals surface area (Å²) in [5.41, 5.74) is 2.17. The first-order valence-corrected chi connectivity index (χ1v) is 7.83. The van der Waals surface area contributed by atoms with E-state index in [0.717, 1.165) is 5.57 Å². The zero-order chi connectivity index (χ0) is 17.2. The highest BCUT2D eigenvalue weighted by molar-refractivity contribution is 5.64. The van der Waals surface area contributed by atoms with Gasteiger partial charge in [0.1, 0.15) is 12.0 Å². The predicted octanol–water partition coefficient (Wildman–Crippen LogP) is 3.67. The lowest BCUT2D eigenvalue weighted by molar-refractivity contribution is 0.174. The number of pyridine rings is 1. The lowest BCUT2D eigenvalue weighted by atomic mass is 10.0. The standard InChI is InChI=1S/C20H15NO4/c1-13-5-3-2-4-6-14-17(8-7-13)23-11-15(20(14)22)16-9-18-19(10-21-16)25-12-24-18/h2-5,7-11H,1,6,12H2/b4-2-,5-3-,8-7?. The van der Waals surface area contributed by atoms with E-state index >= 15 is 0 Å². The maximum atomic E-state index is 13.0. The maximum Gasteiger partial charge on any atom is 0.231 e. The van der Waals surface area contributed by atoms with Gasteiger partial charge in [-0.25, -0.2) is 0 Å². The Morgan fingerprint density at radius 3 is 2.88 bits per heavy atom. The van der Waals surface area contributed by atoms with Crippen molar-refractivity contribution < 1.29 is 13.9 Å². The van der Waals surface area contributed by atoms with Crippen molar-refractivity contribution in [2.75, 3.05) is 6.79 Å². The van der Waals surface area contributed by atoms with Crippen LogP contribution in [0.2, 0.25) is 0 Å². The van der Waals surface area contributed by atoms with Gasteiger partial charge in [0.15, 0.2) is 16.9 Å². The van der Waals surface area contributed by atoms with E-state index in [2.05, 4.69) is 11.6 Å². The maximum absolute atomic E-state index is 13.0. The minimum absolute atomic E-state index is 0.114. The summed E-state index contributed by atoms with van der Waals surface area (Å²) in [5.74, 6) is 1.67. The third kappa shape index (κ3) is 2.92. The number of ether oxygens (including phenoxy) is 2. The smallest absolute Gasteiger partial charge is 0.231 e. The molecule has 4 rings (SSSR count). The van der Waals surface area contributed by atoms with E-state index < -0.39 is 0 Å². The van der Waals surface area contributed by atoms with Gasteiger partial charge in [0.05, 0.1) is 17.5 Å². The molecule has 2 aliphatic rings. The van der Waals surface area contributed by atoms with Crippen molar-refractivity contribution in [3.8, 4) is 22.8 Å². The molecular formula is C20H15NO4. The first kappa shape index (κ1) is 15.2. The molecule has 0 radical (unpaired) electrons. The molecule has 0 fully saturated rings. The van der Waals surface area contributed by atoms with Crippen LogP contribution in [0.4, 0.5) is 0 Å². The summed E-state index contributed by atoms with van der Waals surface area (Å²) < 4.78 is 16.3. The van der Waals surface area contributed by atoms with Crippen LogP contribution in [0.25, 0.3) is 17.3 Å². The van der Waals surface area contributed by atoms with E-state index in [1.807, 2.05) is 30.4 Å². The second-order valence-electron chi connectivity index (χ2n) is 5.64. The van der Waals surface area contributed by atoms with Crippen LogP contribution in [-0.4, -0.2) is 11.8 Å². The van der Waals surface area contributed by atoms with Crippen molar-refractivity contribution in [3.63, 3.8) is 0 Å². The van der Waals surface area contributed by atoms with Gasteiger partial charge in [-0.1, -0.05) is 37.0 Å². The molecule has 1 aliphatic heterocycles. The normalized spacial score (nSPS) is 17.8. The fourth-order valence-electron chi connectivity index (χ4n) is 2.66. The molecule has 0 atom stereocenters. The third-order valence-corrected chi connectivity index (χ3v) is 3.98. The molecule has 1 aliphatic carbocycles. The molecule has 0 saturated heterocycles. The summed E-state index contributed by atoms with van der Waals surface area (Å²) in [7, 11) is 0. The van der Waals surface area contributed by atoms with Gasteiger partial charge in [0.25, 0.3) is 0 Å². The Balaban J connectivity index is 1.82. The summed E-state index contributed by atoms with van der Waals surface area (Å²) in [6.45, 7) is 4.08. The SMILES string of the molecule is C=C1C=Cc2occ(-c3cc4c(cn3)OCO4)c(=O)c2C/C=C\C=C/1. The second-order valence-corrected chi connectivity index (χ2v) is 5.64. The summed E-state index contributed by atoms with van der Waals surface area (Å²) in [6.07, 6.45) is 14.6. The summed E-state index contributed by atoms with van der Waals surface area (Å²) in [6, 6.07) is 1.69. The monoisotopic (exact) mass is 333 g/mol. The molecule has 3 heterocycles. The van der Waals surface area contributed by atoms with Crippen LogP contribution in [0.3, 0.4) is 0 Å². The number of nitrogens with zero attached hydrogens (tertiary/aromatic N) is 1. The van der Waals surface area contributed by atoms with Gasteiger partial charge in [0, 0.05) is 11.6 Å². The average molecular weight is 333 g/mol. The molecule has 0 bridgehead atoms. The van der Waals surface area contributed by atoms with E-state index in [9.17, 15) is 4.79 Å². The molecule has 0 amide bonds. The zero-order valence-corrected chi connectivity index (χ0v) is 13.4. The van der Waals surface area contributed by atoms with Gasteiger partial charge < -0.3 is 13.9 Å². The molecule has 0 spiro atoms. The van der Waals surface area contributed by atoms with Crippen molar-refractivity contribution >= 4 is 6.08 Å². The first-order valence-electron chi connectivity index (χ1n) is 7.83. The Kier molecular flexibility index (Phi) is 3.82.